The number of aromatic nitrogens is 1. The summed E-state index contributed by atoms with van der Waals surface area (Å²) < 4.78 is 5.42. The summed E-state index contributed by atoms with van der Waals surface area (Å²) in [7, 11) is 0. The second kappa shape index (κ2) is 12.3. The zero-order chi connectivity index (χ0) is 21.8. The fraction of sp³-hybridized carbons (Fsp3) is 0.391. The van der Waals surface area contributed by atoms with Crippen molar-refractivity contribution in [1.82, 2.24) is 4.98 Å². The molecule has 30 heavy (non-hydrogen) atoms. The number of nitrogens with zero attached hydrogens (tertiary/aromatic N) is 2. The molecule has 1 aliphatic carbocycles. The van der Waals surface area contributed by atoms with Gasteiger partial charge in [0.05, 0.1) is 11.5 Å². The first-order chi connectivity index (χ1) is 14.5. The Hall–Kier alpha value is -3.24. The molecule has 0 amide bonds. The second-order valence-electron chi connectivity index (χ2n) is 7.27. The predicted molar refractivity (Wildman–Crippen MR) is 111 cm³/mol. The molecule has 1 saturated carbocycles. The van der Waals surface area contributed by atoms with Crippen LogP contribution in [0, 0.1) is 23.2 Å². The van der Waals surface area contributed by atoms with Gasteiger partial charge in [-0.1, -0.05) is 12.1 Å². The van der Waals surface area contributed by atoms with Crippen LogP contribution in [0.15, 0.2) is 48.8 Å². The molecule has 3 N–H and O–H groups in total. The number of pyridine rings is 1. The Morgan fingerprint density at radius 3 is 2.37 bits per heavy atom. The number of carboxylic acid groups (broad SMARTS) is 1. The van der Waals surface area contributed by atoms with Crippen molar-refractivity contribution in [2.45, 2.75) is 38.5 Å². The SMILES string of the molecule is N#Cc1cccnc1.NCC1CCC(C(=O)Oc2ccc(CCC(=O)O)cc2)CC1. The molecule has 0 bridgehead atoms. The van der Waals surface area contributed by atoms with Crippen molar-refractivity contribution < 1.29 is 19.4 Å². The molecule has 1 aliphatic rings. The van der Waals surface area contributed by atoms with Crippen LogP contribution in [-0.2, 0) is 16.0 Å². The van der Waals surface area contributed by atoms with Crippen LogP contribution in [0.2, 0.25) is 0 Å². The van der Waals surface area contributed by atoms with Crippen molar-refractivity contribution >= 4 is 11.9 Å². The lowest BCUT2D eigenvalue weighted by molar-refractivity contribution is -0.140. The van der Waals surface area contributed by atoms with Gasteiger partial charge in [-0.15, -0.1) is 0 Å². The van der Waals surface area contributed by atoms with E-state index in [-0.39, 0.29) is 18.3 Å². The lowest BCUT2D eigenvalue weighted by atomic mass is 9.82. The maximum atomic E-state index is 12.1. The molecule has 0 unspecified atom stereocenters. The standard InChI is InChI=1S/C17H23NO4.C6H4N2/c18-11-13-1-6-14(7-2-13)17(21)22-15-8-3-12(4-9-15)5-10-16(19)20;7-4-6-2-1-3-8-5-6/h3-4,8-9,13-14H,1-2,5-7,10-11,18H2,(H,19,20);1-3,5H. The Morgan fingerprint density at radius 1 is 1.17 bits per heavy atom. The highest BCUT2D eigenvalue weighted by molar-refractivity contribution is 5.75. The third-order valence-electron chi connectivity index (χ3n) is 5.07. The Morgan fingerprint density at radius 2 is 1.87 bits per heavy atom. The summed E-state index contributed by atoms with van der Waals surface area (Å²) in [5.41, 5.74) is 7.18. The van der Waals surface area contributed by atoms with Gasteiger partial charge in [-0.2, -0.15) is 5.26 Å². The Kier molecular flexibility index (Phi) is 9.49. The van der Waals surface area contributed by atoms with E-state index in [2.05, 4.69) is 4.98 Å². The van der Waals surface area contributed by atoms with Crippen molar-refractivity contribution in [3.05, 3.63) is 59.9 Å². The maximum absolute atomic E-state index is 12.1. The van der Waals surface area contributed by atoms with Gasteiger partial charge < -0.3 is 15.6 Å². The average molecular weight is 409 g/mol. The summed E-state index contributed by atoms with van der Waals surface area (Å²) in [5, 5.41) is 16.9. The van der Waals surface area contributed by atoms with Gasteiger partial charge in [0.1, 0.15) is 11.8 Å². The van der Waals surface area contributed by atoms with E-state index in [0.717, 1.165) is 31.2 Å². The number of aliphatic carboxylic acids is 1. The highest BCUT2D eigenvalue weighted by Crippen LogP contribution is 2.29. The van der Waals surface area contributed by atoms with Crippen LogP contribution < -0.4 is 10.5 Å². The van der Waals surface area contributed by atoms with Gasteiger partial charge >= 0.3 is 11.9 Å². The topological polar surface area (TPSA) is 126 Å². The fourth-order valence-corrected chi connectivity index (χ4v) is 3.24. The van der Waals surface area contributed by atoms with E-state index in [9.17, 15) is 9.59 Å². The molecule has 1 heterocycles. The normalized spacial score (nSPS) is 17.7. The van der Waals surface area contributed by atoms with Crippen LogP contribution >= 0.6 is 0 Å². The minimum absolute atomic E-state index is 0.0329. The Balaban J connectivity index is 0.000000335. The Bertz CT molecular complexity index is 839. The number of aryl methyl sites for hydroxylation is 1. The number of carbonyl (C=O) groups is 2. The quantitative estimate of drug-likeness (QED) is 0.553. The molecule has 1 aromatic heterocycles. The van der Waals surface area contributed by atoms with E-state index in [1.54, 1.807) is 42.6 Å². The van der Waals surface area contributed by atoms with E-state index in [4.69, 9.17) is 20.8 Å². The minimum Gasteiger partial charge on any atom is -0.481 e. The van der Waals surface area contributed by atoms with Crippen molar-refractivity contribution in [2.75, 3.05) is 6.54 Å². The van der Waals surface area contributed by atoms with Crippen molar-refractivity contribution in [1.29, 1.82) is 5.26 Å². The highest BCUT2D eigenvalue weighted by atomic mass is 16.5. The molecular weight excluding hydrogens is 382 g/mol. The van der Waals surface area contributed by atoms with Gasteiger partial charge in [-0.05, 0) is 74.4 Å². The molecule has 0 spiro atoms. The third-order valence-corrected chi connectivity index (χ3v) is 5.07. The van der Waals surface area contributed by atoms with Crippen molar-refractivity contribution in [2.24, 2.45) is 17.6 Å². The van der Waals surface area contributed by atoms with Gasteiger partial charge in [0.2, 0.25) is 0 Å². The van der Waals surface area contributed by atoms with Crippen LogP contribution in [0.4, 0.5) is 0 Å². The van der Waals surface area contributed by atoms with E-state index in [1.165, 1.54) is 6.20 Å². The van der Waals surface area contributed by atoms with E-state index < -0.39 is 5.97 Å². The monoisotopic (exact) mass is 409 g/mol. The second-order valence-corrected chi connectivity index (χ2v) is 7.27. The minimum atomic E-state index is -0.816. The first-order valence-corrected chi connectivity index (χ1v) is 10.0. The number of esters is 1. The number of hydrogen-bond donors (Lipinski definition) is 2. The number of rotatable bonds is 6. The van der Waals surface area contributed by atoms with Crippen molar-refractivity contribution in [3.8, 4) is 11.8 Å². The molecule has 0 aliphatic heterocycles. The lowest BCUT2D eigenvalue weighted by Crippen LogP contribution is -2.28. The molecule has 3 rings (SSSR count). The highest BCUT2D eigenvalue weighted by Gasteiger charge is 2.27. The molecule has 0 atom stereocenters. The number of carboxylic acids is 1. The fourth-order valence-electron chi connectivity index (χ4n) is 3.24. The number of nitrogens with two attached hydrogens (primary N) is 1. The lowest BCUT2D eigenvalue weighted by Gasteiger charge is -2.26. The van der Waals surface area contributed by atoms with Gasteiger partial charge in [0.15, 0.2) is 0 Å². The molecule has 1 fully saturated rings. The third kappa shape index (κ3) is 8.02. The van der Waals surface area contributed by atoms with Crippen molar-refractivity contribution in [3.63, 3.8) is 0 Å². The van der Waals surface area contributed by atoms with Crippen LogP contribution in [0.1, 0.15) is 43.2 Å². The number of benzene rings is 1. The summed E-state index contributed by atoms with van der Waals surface area (Å²) in [6.07, 6.45) is 7.42. The molecule has 0 saturated heterocycles. The summed E-state index contributed by atoms with van der Waals surface area (Å²) in [6.45, 7) is 0.694. The molecular formula is C23H27N3O4. The zero-order valence-electron chi connectivity index (χ0n) is 16.9. The molecule has 158 valence electrons. The van der Waals surface area contributed by atoms with Gasteiger partial charge in [-0.3, -0.25) is 14.6 Å². The van der Waals surface area contributed by atoms with Crippen LogP contribution in [0.3, 0.4) is 0 Å². The summed E-state index contributed by atoms with van der Waals surface area (Å²) in [6, 6.07) is 12.5. The molecule has 7 nitrogen and oxygen atoms in total. The zero-order valence-corrected chi connectivity index (χ0v) is 16.9. The summed E-state index contributed by atoms with van der Waals surface area (Å²) in [5.74, 6) is 0.0365. The van der Waals surface area contributed by atoms with E-state index in [1.807, 2.05) is 6.07 Å². The molecule has 2 aromatic rings. The molecule has 1 aromatic carbocycles. The van der Waals surface area contributed by atoms with Gasteiger partial charge in [0.25, 0.3) is 0 Å². The largest absolute Gasteiger partial charge is 0.481 e. The van der Waals surface area contributed by atoms with E-state index in [0.29, 0.717) is 30.2 Å². The van der Waals surface area contributed by atoms with Gasteiger partial charge in [-0.25, -0.2) is 0 Å². The predicted octanol–water partition coefficient (Wildman–Crippen LogP) is 3.33. The first-order valence-electron chi connectivity index (χ1n) is 10.0. The smallest absolute Gasteiger partial charge is 0.314 e. The van der Waals surface area contributed by atoms with Crippen LogP contribution in [0.5, 0.6) is 5.75 Å². The first kappa shape index (κ1) is 23.0. The summed E-state index contributed by atoms with van der Waals surface area (Å²) in [4.78, 5) is 26.4. The average Bonchev–Trinajstić information content (AvgIpc) is 2.79. The number of nitriles is 1. The molecule has 7 heteroatoms. The number of ether oxygens (including phenoxy) is 1. The number of hydrogen-bond acceptors (Lipinski definition) is 6. The summed E-state index contributed by atoms with van der Waals surface area (Å²) >= 11 is 0. The van der Waals surface area contributed by atoms with E-state index >= 15 is 0 Å². The Labute approximate surface area is 176 Å². The number of carbonyl (C=O) groups excluding carboxylic acids is 1. The van der Waals surface area contributed by atoms with Gasteiger partial charge in [0, 0.05) is 18.8 Å². The maximum Gasteiger partial charge on any atom is 0.314 e. The van der Waals surface area contributed by atoms with Crippen LogP contribution in [-0.4, -0.2) is 28.6 Å². The molecule has 0 radical (unpaired) electrons. The van der Waals surface area contributed by atoms with Crippen LogP contribution in [0.25, 0.3) is 0 Å².